The van der Waals surface area contributed by atoms with Gasteiger partial charge in [-0.1, -0.05) is 0 Å². The number of thiophene rings is 1. The molecule has 2 aliphatic rings. The van der Waals surface area contributed by atoms with E-state index in [0.717, 1.165) is 71.2 Å². The maximum atomic E-state index is 11.9. The van der Waals surface area contributed by atoms with Crippen LogP contribution >= 0.6 is 11.3 Å². The smallest absolute Gasteiger partial charge is 0.226 e. The van der Waals surface area contributed by atoms with Gasteiger partial charge >= 0.3 is 0 Å². The number of aromatic nitrogens is 4. The first kappa shape index (κ1) is 23.3. The molecule has 2 fully saturated rings. The summed E-state index contributed by atoms with van der Waals surface area (Å²) in [6, 6.07) is 0. The van der Waals surface area contributed by atoms with E-state index in [1.165, 1.54) is 12.7 Å². The Kier molecular flexibility index (Phi) is 6.40. The summed E-state index contributed by atoms with van der Waals surface area (Å²) in [5.41, 5.74) is 10.4. The van der Waals surface area contributed by atoms with Gasteiger partial charge in [-0.25, -0.2) is 28.4 Å². The Morgan fingerprint density at radius 1 is 1.03 bits per heavy atom. The molecule has 0 saturated carbocycles. The molecule has 12 heteroatoms. The second-order valence-corrected chi connectivity index (χ2v) is 11.9. The maximum Gasteiger partial charge on any atom is 0.226 e. The van der Waals surface area contributed by atoms with Gasteiger partial charge in [-0.05, 0) is 31.6 Å². The number of aryl methyl sites for hydroxylation is 1. The molecule has 0 amide bonds. The van der Waals surface area contributed by atoms with Crippen molar-refractivity contribution in [3.05, 3.63) is 22.8 Å². The molecule has 5 rings (SSSR count). The third-order valence-electron chi connectivity index (χ3n) is 6.56. The number of nitrogen functional groups attached to an aromatic ring is 1. The van der Waals surface area contributed by atoms with Gasteiger partial charge in [0.05, 0.1) is 27.9 Å². The van der Waals surface area contributed by atoms with E-state index in [2.05, 4.69) is 25.1 Å². The molecule has 0 atom stereocenters. The molecular formula is C22H30N8O2S2. The van der Waals surface area contributed by atoms with Crippen LogP contribution in [0.4, 0.5) is 11.9 Å². The summed E-state index contributed by atoms with van der Waals surface area (Å²) in [5.74, 6) is 1.00. The van der Waals surface area contributed by atoms with E-state index >= 15 is 0 Å². The number of anilines is 2. The van der Waals surface area contributed by atoms with Gasteiger partial charge in [-0.2, -0.15) is 4.31 Å². The molecule has 3 aromatic rings. The summed E-state index contributed by atoms with van der Waals surface area (Å²) in [6.45, 7) is 7.00. The monoisotopic (exact) mass is 502 g/mol. The van der Waals surface area contributed by atoms with Crippen LogP contribution in [-0.2, 0) is 16.6 Å². The van der Waals surface area contributed by atoms with Crippen molar-refractivity contribution in [1.29, 1.82) is 0 Å². The quantitative estimate of drug-likeness (QED) is 0.559. The van der Waals surface area contributed by atoms with Crippen molar-refractivity contribution in [2.75, 3.05) is 56.2 Å². The highest BCUT2D eigenvalue weighted by atomic mass is 32.2. The van der Waals surface area contributed by atoms with Gasteiger partial charge in [-0.3, -0.25) is 4.90 Å². The van der Waals surface area contributed by atoms with Crippen molar-refractivity contribution in [3.8, 4) is 11.3 Å². The average Bonchev–Trinajstić information content (AvgIpc) is 3.22. The number of sulfonamides is 1. The second kappa shape index (κ2) is 9.33. The van der Waals surface area contributed by atoms with Crippen molar-refractivity contribution in [1.82, 2.24) is 29.1 Å². The topological polar surface area (TPSA) is 121 Å². The fourth-order valence-electron chi connectivity index (χ4n) is 4.66. The number of fused-ring (bicyclic) bond motifs is 1. The molecule has 182 valence electrons. The van der Waals surface area contributed by atoms with E-state index in [1.54, 1.807) is 21.8 Å². The fourth-order valence-corrected chi connectivity index (χ4v) is 6.49. The zero-order chi connectivity index (χ0) is 23.9. The normalized spacial score (nSPS) is 18.6. The van der Waals surface area contributed by atoms with Crippen molar-refractivity contribution < 1.29 is 8.42 Å². The minimum Gasteiger partial charge on any atom is -0.368 e. The number of nitrogens with zero attached hydrogens (tertiary/aromatic N) is 7. The molecule has 2 saturated heterocycles. The van der Waals surface area contributed by atoms with Crippen LogP contribution in [0.15, 0.2) is 11.6 Å². The van der Waals surface area contributed by atoms with Gasteiger partial charge in [0.1, 0.15) is 0 Å². The van der Waals surface area contributed by atoms with Crippen LogP contribution in [0.2, 0.25) is 0 Å². The van der Waals surface area contributed by atoms with Crippen LogP contribution < -0.4 is 10.6 Å². The lowest BCUT2D eigenvalue weighted by Gasteiger charge is -2.33. The Hall–Kier alpha value is -2.41. The number of nitrogens with two attached hydrogens (primary N) is 1. The summed E-state index contributed by atoms with van der Waals surface area (Å²) in [7, 11) is -3.15. The predicted molar refractivity (Wildman–Crippen MR) is 135 cm³/mol. The Morgan fingerprint density at radius 3 is 2.44 bits per heavy atom. The number of piperidine rings is 1. The number of rotatable bonds is 5. The highest BCUT2D eigenvalue weighted by Crippen LogP contribution is 2.36. The molecule has 5 heterocycles. The molecule has 10 nitrogen and oxygen atoms in total. The molecule has 3 aromatic heterocycles. The zero-order valence-electron chi connectivity index (χ0n) is 19.6. The Bertz CT molecular complexity index is 1300. The van der Waals surface area contributed by atoms with Gasteiger partial charge in [0.2, 0.25) is 21.9 Å². The van der Waals surface area contributed by atoms with Crippen LogP contribution in [0.3, 0.4) is 0 Å². The molecule has 0 radical (unpaired) electrons. The van der Waals surface area contributed by atoms with Gasteiger partial charge in [-0.15, -0.1) is 11.3 Å². The molecule has 0 aliphatic carbocycles. The summed E-state index contributed by atoms with van der Waals surface area (Å²) < 4.78 is 26.3. The van der Waals surface area contributed by atoms with Gasteiger partial charge in [0.15, 0.2) is 0 Å². The van der Waals surface area contributed by atoms with E-state index < -0.39 is 10.0 Å². The molecule has 0 bridgehead atoms. The van der Waals surface area contributed by atoms with Gasteiger partial charge < -0.3 is 10.6 Å². The van der Waals surface area contributed by atoms with Crippen molar-refractivity contribution >= 4 is 43.5 Å². The number of piperazine rings is 1. The molecule has 2 aliphatic heterocycles. The lowest BCUT2D eigenvalue weighted by Crippen LogP contribution is -2.47. The standard InChI is InChI=1S/C22H30N8O2S2/c1-15-17(12-24-21(23)25-15)19-20-18(26-22(27-19)29-6-4-3-5-7-29)16(14-33-20)13-28-8-10-30(11-9-28)34(2,31)32/h12,14H,3-11,13H2,1-2H3,(H2,23,24,25). The Morgan fingerprint density at radius 2 is 1.76 bits per heavy atom. The van der Waals surface area contributed by atoms with Crippen molar-refractivity contribution in [3.63, 3.8) is 0 Å². The van der Waals surface area contributed by atoms with Crippen LogP contribution in [0, 0.1) is 6.92 Å². The third-order valence-corrected chi connectivity index (χ3v) is 8.89. The molecular weight excluding hydrogens is 472 g/mol. The predicted octanol–water partition coefficient (Wildman–Crippen LogP) is 2.11. The van der Waals surface area contributed by atoms with E-state index in [1.807, 2.05) is 6.92 Å². The second-order valence-electron chi connectivity index (χ2n) is 9.02. The highest BCUT2D eigenvalue weighted by molar-refractivity contribution is 7.88. The highest BCUT2D eigenvalue weighted by Gasteiger charge is 2.25. The van der Waals surface area contributed by atoms with E-state index in [0.29, 0.717) is 26.2 Å². The first-order valence-corrected chi connectivity index (χ1v) is 14.3. The molecule has 0 aromatic carbocycles. The summed E-state index contributed by atoms with van der Waals surface area (Å²) in [5, 5.41) is 2.15. The fraction of sp³-hybridized carbons (Fsp3) is 0.545. The molecule has 34 heavy (non-hydrogen) atoms. The van der Waals surface area contributed by atoms with Crippen LogP contribution in [-0.4, -0.2) is 83.1 Å². The lowest BCUT2D eigenvalue weighted by molar-refractivity contribution is 0.183. The summed E-state index contributed by atoms with van der Waals surface area (Å²) in [6.07, 6.45) is 6.55. The zero-order valence-corrected chi connectivity index (χ0v) is 21.2. The Balaban J connectivity index is 1.51. The first-order chi connectivity index (χ1) is 16.3. The summed E-state index contributed by atoms with van der Waals surface area (Å²) in [4.78, 5) is 23.2. The third kappa shape index (κ3) is 4.72. The summed E-state index contributed by atoms with van der Waals surface area (Å²) >= 11 is 1.63. The maximum absolute atomic E-state index is 11.9. The van der Waals surface area contributed by atoms with Crippen LogP contribution in [0.5, 0.6) is 0 Å². The van der Waals surface area contributed by atoms with Crippen molar-refractivity contribution in [2.45, 2.75) is 32.7 Å². The number of hydrogen-bond acceptors (Lipinski definition) is 10. The largest absolute Gasteiger partial charge is 0.368 e. The molecule has 0 spiro atoms. The minimum absolute atomic E-state index is 0.253. The average molecular weight is 503 g/mol. The Labute approximate surface area is 203 Å². The van der Waals surface area contributed by atoms with Crippen LogP contribution in [0.1, 0.15) is 30.5 Å². The molecule has 0 unspecified atom stereocenters. The SMILES string of the molecule is Cc1nc(N)ncc1-c1nc(N2CCCCC2)nc2c(CN3CCN(S(C)(=O)=O)CC3)csc12. The van der Waals surface area contributed by atoms with E-state index in [4.69, 9.17) is 15.7 Å². The van der Waals surface area contributed by atoms with E-state index in [9.17, 15) is 8.42 Å². The van der Waals surface area contributed by atoms with Gasteiger partial charge in [0.25, 0.3) is 0 Å². The minimum atomic E-state index is -3.15. The first-order valence-electron chi connectivity index (χ1n) is 11.6. The van der Waals surface area contributed by atoms with Gasteiger partial charge in [0, 0.05) is 63.1 Å². The van der Waals surface area contributed by atoms with Crippen molar-refractivity contribution in [2.24, 2.45) is 0 Å². The lowest BCUT2D eigenvalue weighted by atomic mass is 10.1. The van der Waals surface area contributed by atoms with E-state index in [-0.39, 0.29) is 5.95 Å². The molecule has 2 N–H and O–H groups in total. The van der Waals surface area contributed by atoms with Crippen LogP contribution in [0.25, 0.3) is 21.5 Å². The number of hydrogen-bond donors (Lipinski definition) is 1.